The maximum Gasteiger partial charge on any atom is 0.183 e. The van der Waals surface area contributed by atoms with Gasteiger partial charge >= 0.3 is 0 Å². The lowest BCUT2D eigenvalue weighted by molar-refractivity contribution is 0.134. The van der Waals surface area contributed by atoms with Gasteiger partial charge in [-0.1, -0.05) is 13.3 Å². The number of ether oxygens (including phenoxy) is 2. The van der Waals surface area contributed by atoms with Crippen molar-refractivity contribution in [3.8, 4) is 11.5 Å². The Labute approximate surface area is 127 Å². The van der Waals surface area contributed by atoms with Crippen LogP contribution in [0.5, 0.6) is 11.5 Å². The van der Waals surface area contributed by atoms with Gasteiger partial charge in [0.2, 0.25) is 0 Å². The van der Waals surface area contributed by atoms with Gasteiger partial charge in [-0.15, -0.1) is 0 Å². The lowest BCUT2D eigenvalue weighted by Gasteiger charge is -2.35. The van der Waals surface area contributed by atoms with E-state index in [2.05, 4.69) is 22.1 Å². The van der Waals surface area contributed by atoms with E-state index < -0.39 is 0 Å². The first-order valence-electron chi connectivity index (χ1n) is 7.80. The molecule has 0 radical (unpaired) electrons. The topological polar surface area (TPSA) is 46.6 Å². The SMILES string of the molecule is CCNCC1CCCCN1Cc1nccc(OC)c1OC. The lowest BCUT2D eigenvalue weighted by Crippen LogP contribution is -2.45. The van der Waals surface area contributed by atoms with E-state index in [0.717, 1.165) is 43.4 Å². The van der Waals surface area contributed by atoms with E-state index in [4.69, 9.17) is 9.47 Å². The Morgan fingerprint density at radius 1 is 1.33 bits per heavy atom. The van der Waals surface area contributed by atoms with Gasteiger partial charge in [0, 0.05) is 31.4 Å². The minimum atomic E-state index is 0.580. The molecule has 0 saturated carbocycles. The number of likely N-dealkylation sites (tertiary alicyclic amines) is 1. The number of piperidine rings is 1. The molecule has 1 aliphatic heterocycles. The van der Waals surface area contributed by atoms with E-state index >= 15 is 0 Å². The molecule has 0 amide bonds. The van der Waals surface area contributed by atoms with Crippen LogP contribution in [0.4, 0.5) is 0 Å². The Hall–Kier alpha value is -1.33. The van der Waals surface area contributed by atoms with Gasteiger partial charge in [-0.05, 0) is 25.9 Å². The fourth-order valence-corrected chi connectivity index (χ4v) is 2.97. The molecule has 1 atom stereocenters. The summed E-state index contributed by atoms with van der Waals surface area (Å²) in [5, 5.41) is 3.47. The molecule has 1 N–H and O–H groups in total. The van der Waals surface area contributed by atoms with Crippen LogP contribution in [0.2, 0.25) is 0 Å². The van der Waals surface area contributed by atoms with E-state index in [1.54, 1.807) is 20.4 Å². The van der Waals surface area contributed by atoms with Crippen LogP contribution in [0.25, 0.3) is 0 Å². The van der Waals surface area contributed by atoms with Crippen molar-refractivity contribution in [2.24, 2.45) is 0 Å². The van der Waals surface area contributed by atoms with E-state index in [0.29, 0.717) is 6.04 Å². The van der Waals surface area contributed by atoms with Crippen molar-refractivity contribution < 1.29 is 9.47 Å². The molecule has 0 bridgehead atoms. The third kappa shape index (κ3) is 4.08. The quantitative estimate of drug-likeness (QED) is 0.834. The lowest BCUT2D eigenvalue weighted by atomic mass is 10.0. The highest BCUT2D eigenvalue weighted by molar-refractivity contribution is 5.42. The number of methoxy groups -OCH3 is 2. The van der Waals surface area contributed by atoms with Crippen molar-refractivity contribution in [2.45, 2.75) is 38.8 Å². The van der Waals surface area contributed by atoms with Crippen molar-refractivity contribution in [1.82, 2.24) is 15.2 Å². The Morgan fingerprint density at radius 2 is 2.19 bits per heavy atom. The zero-order chi connectivity index (χ0) is 15.1. The summed E-state index contributed by atoms with van der Waals surface area (Å²) in [7, 11) is 3.34. The highest BCUT2D eigenvalue weighted by Crippen LogP contribution is 2.31. The second kappa shape index (κ2) is 8.20. The van der Waals surface area contributed by atoms with E-state index in [1.165, 1.54) is 19.3 Å². The van der Waals surface area contributed by atoms with Crippen molar-refractivity contribution in [2.75, 3.05) is 33.9 Å². The summed E-state index contributed by atoms with van der Waals surface area (Å²) >= 11 is 0. The number of hydrogen-bond donors (Lipinski definition) is 1. The maximum absolute atomic E-state index is 5.50. The first kappa shape index (κ1) is 16.0. The number of pyridine rings is 1. The second-order valence-corrected chi connectivity index (χ2v) is 5.42. The Balaban J connectivity index is 2.11. The number of hydrogen-bond acceptors (Lipinski definition) is 5. The van der Waals surface area contributed by atoms with Crippen LogP contribution in [0, 0.1) is 0 Å². The molecule has 21 heavy (non-hydrogen) atoms. The smallest absolute Gasteiger partial charge is 0.183 e. The van der Waals surface area contributed by atoms with Crippen LogP contribution < -0.4 is 14.8 Å². The minimum absolute atomic E-state index is 0.580. The molecular weight excluding hydrogens is 266 g/mol. The molecule has 1 saturated heterocycles. The van der Waals surface area contributed by atoms with Crippen LogP contribution in [0.15, 0.2) is 12.3 Å². The molecule has 0 aliphatic carbocycles. The second-order valence-electron chi connectivity index (χ2n) is 5.42. The molecule has 5 heteroatoms. The largest absolute Gasteiger partial charge is 0.493 e. The fourth-order valence-electron chi connectivity index (χ4n) is 2.97. The average Bonchev–Trinajstić information content (AvgIpc) is 2.53. The fraction of sp³-hybridized carbons (Fsp3) is 0.688. The van der Waals surface area contributed by atoms with Crippen molar-refractivity contribution in [1.29, 1.82) is 0 Å². The highest BCUT2D eigenvalue weighted by Gasteiger charge is 2.24. The summed E-state index contributed by atoms with van der Waals surface area (Å²) in [4.78, 5) is 7.01. The Bertz CT molecular complexity index is 440. The molecule has 2 rings (SSSR count). The zero-order valence-corrected chi connectivity index (χ0v) is 13.4. The van der Waals surface area contributed by atoms with Gasteiger partial charge in [0.05, 0.1) is 14.2 Å². The van der Waals surface area contributed by atoms with Crippen molar-refractivity contribution >= 4 is 0 Å². The van der Waals surface area contributed by atoms with Gasteiger partial charge in [0.15, 0.2) is 11.5 Å². The molecule has 2 heterocycles. The summed E-state index contributed by atoms with van der Waals surface area (Å²) in [6.45, 7) is 6.15. The molecule has 1 aromatic rings. The van der Waals surface area contributed by atoms with Crippen molar-refractivity contribution in [3.05, 3.63) is 18.0 Å². The Morgan fingerprint density at radius 3 is 2.90 bits per heavy atom. The number of nitrogens with zero attached hydrogens (tertiary/aromatic N) is 2. The minimum Gasteiger partial charge on any atom is -0.493 e. The molecular formula is C16H27N3O2. The van der Waals surface area contributed by atoms with Crippen LogP contribution in [-0.4, -0.2) is 49.8 Å². The summed E-state index contributed by atoms with van der Waals surface area (Å²) in [6.07, 6.45) is 5.61. The number of rotatable bonds is 7. The average molecular weight is 293 g/mol. The standard InChI is InChI=1S/C16H27N3O2/c1-4-17-11-13-7-5-6-10-19(13)12-14-16(21-3)15(20-2)8-9-18-14/h8-9,13,17H,4-7,10-12H2,1-3H3. The predicted molar refractivity (Wildman–Crippen MR) is 83.9 cm³/mol. The summed E-state index contributed by atoms with van der Waals surface area (Å²) < 4.78 is 10.9. The monoisotopic (exact) mass is 293 g/mol. The first-order valence-corrected chi connectivity index (χ1v) is 7.80. The van der Waals surface area contributed by atoms with Crippen LogP contribution in [0.1, 0.15) is 31.9 Å². The molecule has 5 nitrogen and oxygen atoms in total. The van der Waals surface area contributed by atoms with Crippen LogP contribution in [-0.2, 0) is 6.54 Å². The summed E-state index contributed by atoms with van der Waals surface area (Å²) in [6, 6.07) is 2.42. The predicted octanol–water partition coefficient (Wildman–Crippen LogP) is 2.06. The molecule has 1 unspecified atom stereocenters. The third-order valence-corrected chi connectivity index (χ3v) is 4.10. The van der Waals surface area contributed by atoms with Gasteiger partial charge in [-0.3, -0.25) is 9.88 Å². The van der Waals surface area contributed by atoms with Gasteiger partial charge in [0.25, 0.3) is 0 Å². The summed E-state index contributed by atoms with van der Waals surface area (Å²) in [5.41, 5.74) is 0.959. The van der Waals surface area contributed by atoms with E-state index in [1.807, 2.05) is 6.07 Å². The number of likely N-dealkylation sites (N-methyl/N-ethyl adjacent to an activating group) is 1. The third-order valence-electron chi connectivity index (χ3n) is 4.10. The van der Waals surface area contributed by atoms with Crippen molar-refractivity contribution in [3.63, 3.8) is 0 Å². The molecule has 1 fully saturated rings. The zero-order valence-electron chi connectivity index (χ0n) is 13.4. The normalized spacial score (nSPS) is 19.5. The highest BCUT2D eigenvalue weighted by atomic mass is 16.5. The molecule has 1 aliphatic rings. The molecule has 1 aromatic heterocycles. The van der Waals surface area contributed by atoms with Gasteiger partial charge in [0.1, 0.15) is 5.69 Å². The maximum atomic E-state index is 5.50. The number of aromatic nitrogens is 1. The van der Waals surface area contributed by atoms with E-state index in [-0.39, 0.29) is 0 Å². The summed E-state index contributed by atoms with van der Waals surface area (Å²) in [5.74, 6) is 1.51. The Kier molecular flexibility index (Phi) is 6.26. The van der Waals surface area contributed by atoms with Crippen LogP contribution >= 0.6 is 0 Å². The van der Waals surface area contributed by atoms with Gasteiger partial charge < -0.3 is 14.8 Å². The molecule has 0 spiro atoms. The molecule has 0 aromatic carbocycles. The first-order chi connectivity index (χ1) is 10.3. The molecule has 118 valence electrons. The van der Waals surface area contributed by atoms with Gasteiger partial charge in [-0.25, -0.2) is 0 Å². The van der Waals surface area contributed by atoms with E-state index in [9.17, 15) is 0 Å². The van der Waals surface area contributed by atoms with Gasteiger partial charge in [-0.2, -0.15) is 0 Å². The van der Waals surface area contributed by atoms with Crippen LogP contribution in [0.3, 0.4) is 0 Å². The number of nitrogens with one attached hydrogen (secondary N) is 1.